The summed E-state index contributed by atoms with van der Waals surface area (Å²) in [7, 11) is -1.71. The Kier molecular flexibility index (Phi) is 6.75. The monoisotopic (exact) mass is 482 g/mol. The normalized spacial score (nSPS) is 11.9. The van der Waals surface area contributed by atoms with Gasteiger partial charge in [0, 0.05) is 44.2 Å². The van der Waals surface area contributed by atoms with Crippen LogP contribution >= 0.6 is 0 Å². The van der Waals surface area contributed by atoms with E-state index in [0.29, 0.717) is 42.4 Å². The van der Waals surface area contributed by atoms with E-state index in [0.717, 1.165) is 11.1 Å². The minimum atomic E-state index is -3.57. The summed E-state index contributed by atoms with van der Waals surface area (Å²) in [6, 6.07) is 12.1. The molecule has 11 heteroatoms. The molecule has 2 heterocycles. The molecule has 0 aliphatic heterocycles. The van der Waals surface area contributed by atoms with Crippen molar-refractivity contribution < 1.29 is 17.6 Å². The first-order valence-corrected chi connectivity index (χ1v) is 12.4. The number of sulfonamides is 1. The van der Waals surface area contributed by atoms with Gasteiger partial charge in [0.2, 0.25) is 28.2 Å². The van der Waals surface area contributed by atoms with Crippen LogP contribution in [-0.4, -0.2) is 51.5 Å². The zero-order chi connectivity index (χ0) is 24.3. The van der Waals surface area contributed by atoms with Gasteiger partial charge in [-0.15, -0.1) is 10.2 Å². The van der Waals surface area contributed by atoms with Crippen molar-refractivity contribution in [1.82, 2.24) is 24.1 Å². The Hall–Kier alpha value is -3.57. The summed E-state index contributed by atoms with van der Waals surface area (Å²) in [5, 5.41) is 10.4. The summed E-state index contributed by atoms with van der Waals surface area (Å²) in [6.07, 6.45) is 1.90. The lowest BCUT2D eigenvalue weighted by Gasteiger charge is -2.18. The third kappa shape index (κ3) is 4.70. The number of rotatable bonds is 9. The van der Waals surface area contributed by atoms with Crippen LogP contribution in [0.25, 0.3) is 22.5 Å². The lowest BCUT2D eigenvalue weighted by molar-refractivity contribution is -0.116. The maximum absolute atomic E-state index is 12.8. The summed E-state index contributed by atoms with van der Waals surface area (Å²) in [4.78, 5) is 17.3. The van der Waals surface area contributed by atoms with Crippen LogP contribution in [-0.2, 0) is 28.3 Å². The maximum Gasteiger partial charge on any atom is 0.247 e. The fourth-order valence-corrected chi connectivity index (χ4v) is 5.25. The molecular weight excluding hydrogens is 456 g/mol. The molecule has 0 atom stereocenters. The molecule has 0 saturated heterocycles. The molecule has 0 fully saturated rings. The molecule has 0 aliphatic carbocycles. The van der Waals surface area contributed by atoms with E-state index < -0.39 is 10.0 Å². The van der Waals surface area contributed by atoms with E-state index in [1.54, 1.807) is 42.5 Å². The van der Waals surface area contributed by atoms with Crippen molar-refractivity contribution in [3.8, 4) is 11.5 Å². The molecule has 34 heavy (non-hydrogen) atoms. The summed E-state index contributed by atoms with van der Waals surface area (Å²) < 4.78 is 34.1. The smallest absolute Gasteiger partial charge is 0.247 e. The Morgan fingerprint density at radius 3 is 2.50 bits per heavy atom. The molecule has 1 N–H and O–H groups in total. The second kappa shape index (κ2) is 9.74. The van der Waals surface area contributed by atoms with Gasteiger partial charge in [-0.3, -0.25) is 4.79 Å². The van der Waals surface area contributed by atoms with Crippen LogP contribution in [0, 0.1) is 0 Å². The van der Waals surface area contributed by atoms with Crippen LogP contribution in [0.4, 0.5) is 5.69 Å². The average molecular weight is 483 g/mol. The van der Waals surface area contributed by atoms with Gasteiger partial charge in [0.1, 0.15) is 5.82 Å². The van der Waals surface area contributed by atoms with E-state index in [1.807, 2.05) is 25.5 Å². The number of carbonyl (C=O) groups is 1. The largest absolute Gasteiger partial charge is 0.423 e. The van der Waals surface area contributed by atoms with E-state index in [2.05, 4.69) is 20.5 Å². The summed E-state index contributed by atoms with van der Waals surface area (Å²) in [5.74, 6) is 0.962. The average Bonchev–Trinajstić information content (AvgIpc) is 3.47. The predicted octanol–water partition coefficient (Wildman–Crippen LogP) is 3.23. The van der Waals surface area contributed by atoms with Crippen LogP contribution < -0.4 is 5.32 Å². The molecule has 2 aromatic heterocycles. The van der Waals surface area contributed by atoms with Crippen LogP contribution in [0.3, 0.4) is 0 Å². The highest BCUT2D eigenvalue weighted by Gasteiger charge is 2.22. The molecular formula is C23H26N6O4S. The first-order chi connectivity index (χ1) is 16.3. The van der Waals surface area contributed by atoms with Crippen molar-refractivity contribution in [3.05, 3.63) is 54.7 Å². The minimum absolute atomic E-state index is 0.151. The molecule has 1 amide bonds. The highest BCUT2D eigenvalue weighted by Crippen LogP contribution is 2.23. The van der Waals surface area contributed by atoms with Crippen LogP contribution in [0.15, 0.2) is 58.2 Å². The second-order valence-electron chi connectivity index (χ2n) is 7.70. The van der Waals surface area contributed by atoms with Crippen molar-refractivity contribution in [1.29, 1.82) is 0 Å². The molecule has 0 saturated carbocycles. The molecule has 0 spiro atoms. The van der Waals surface area contributed by atoms with E-state index in [4.69, 9.17) is 4.42 Å². The van der Waals surface area contributed by atoms with Crippen LogP contribution in [0.1, 0.15) is 26.1 Å². The molecule has 0 bridgehead atoms. The Morgan fingerprint density at radius 2 is 1.85 bits per heavy atom. The molecule has 178 valence electrons. The van der Waals surface area contributed by atoms with Crippen molar-refractivity contribution >= 4 is 32.7 Å². The van der Waals surface area contributed by atoms with E-state index >= 15 is 0 Å². The molecule has 10 nitrogen and oxygen atoms in total. The first kappa shape index (κ1) is 23.6. The summed E-state index contributed by atoms with van der Waals surface area (Å²) in [6.45, 7) is 4.43. The standard InChI is InChI=1S/C23H26N6O4S/c1-4-29(5-2)34(31,32)18-10-11-20-19(14-18)26-21(28(20)3)12-13-22(30)25-17-8-6-16(7-9-17)23-27-24-15-33-23/h6-11,14-15H,4-5,12-13H2,1-3H3,(H,25,30). The number of anilines is 1. The maximum atomic E-state index is 12.8. The van der Waals surface area contributed by atoms with E-state index in [-0.39, 0.29) is 17.2 Å². The van der Waals surface area contributed by atoms with E-state index in [9.17, 15) is 13.2 Å². The highest BCUT2D eigenvalue weighted by molar-refractivity contribution is 7.89. The number of amides is 1. The number of hydrogen-bond acceptors (Lipinski definition) is 7. The number of nitrogens with one attached hydrogen (secondary N) is 1. The number of aryl methyl sites for hydroxylation is 2. The Bertz CT molecular complexity index is 1390. The van der Waals surface area contributed by atoms with Gasteiger partial charge < -0.3 is 14.3 Å². The fourth-order valence-electron chi connectivity index (χ4n) is 3.77. The number of nitrogens with zero attached hydrogens (tertiary/aromatic N) is 5. The second-order valence-corrected chi connectivity index (χ2v) is 9.63. The van der Waals surface area contributed by atoms with Crippen molar-refractivity contribution in [2.75, 3.05) is 18.4 Å². The zero-order valence-corrected chi connectivity index (χ0v) is 20.0. The summed E-state index contributed by atoms with van der Waals surface area (Å²) >= 11 is 0. The third-order valence-corrected chi connectivity index (χ3v) is 7.69. The number of aromatic nitrogens is 4. The Morgan fingerprint density at radius 1 is 1.12 bits per heavy atom. The van der Waals surface area contributed by atoms with Gasteiger partial charge in [-0.25, -0.2) is 13.4 Å². The third-order valence-electron chi connectivity index (χ3n) is 5.64. The van der Waals surface area contributed by atoms with Crippen LogP contribution in [0.2, 0.25) is 0 Å². The molecule has 2 aromatic carbocycles. The van der Waals surface area contributed by atoms with Gasteiger partial charge in [-0.2, -0.15) is 4.31 Å². The first-order valence-electron chi connectivity index (χ1n) is 11.0. The predicted molar refractivity (Wildman–Crippen MR) is 128 cm³/mol. The Balaban J connectivity index is 1.44. The number of fused-ring (bicyclic) bond motifs is 1. The highest BCUT2D eigenvalue weighted by atomic mass is 32.2. The van der Waals surface area contributed by atoms with Crippen molar-refractivity contribution in [3.63, 3.8) is 0 Å². The topological polar surface area (TPSA) is 123 Å². The van der Waals surface area contributed by atoms with Crippen LogP contribution in [0.5, 0.6) is 0 Å². The number of imidazole rings is 1. The lowest BCUT2D eigenvalue weighted by atomic mass is 10.2. The van der Waals surface area contributed by atoms with Crippen molar-refractivity contribution in [2.24, 2.45) is 7.05 Å². The van der Waals surface area contributed by atoms with Gasteiger partial charge >= 0.3 is 0 Å². The minimum Gasteiger partial charge on any atom is -0.423 e. The van der Waals surface area contributed by atoms with Gasteiger partial charge in [-0.05, 0) is 42.5 Å². The van der Waals surface area contributed by atoms with Crippen molar-refractivity contribution in [2.45, 2.75) is 31.6 Å². The van der Waals surface area contributed by atoms with Gasteiger partial charge in [0.05, 0.1) is 15.9 Å². The quantitative estimate of drug-likeness (QED) is 0.388. The molecule has 0 unspecified atom stereocenters. The van der Waals surface area contributed by atoms with Gasteiger partial charge in [-0.1, -0.05) is 13.8 Å². The lowest BCUT2D eigenvalue weighted by Crippen LogP contribution is -2.30. The Labute approximate surface area is 197 Å². The number of hydrogen-bond donors (Lipinski definition) is 1. The molecule has 4 rings (SSSR count). The molecule has 4 aromatic rings. The SMILES string of the molecule is CCN(CC)S(=O)(=O)c1ccc2c(c1)nc(CCC(=O)Nc1ccc(-c3nnco3)cc1)n2C. The molecule has 0 radical (unpaired) electrons. The molecule has 0 aliphatic rings. The zero-order valence-electron chi connectivity index (χ0n) is 19.2. The fraction of sp³-hybridized carbons (Fsp3) is 0.304. The number of carbonyl (C=O) groups excluding carboxylic acids is 1. The number of benzene rings is 2. The van der Waals surface area contributed by atoms with Gasteiger partial charge in [0.15, 0.2) is 0 Å². The van der Waals surface area contributed by atoms with Gasteiger partial charge in [0.25, 0.3) is 0 Å². The van der Waals surface area contributed by atoms with E-state index in [1.165, 1.54) is 10.7 Å². The summed E-state index contributed by atoms with van der Waals surface area (Å²) in [5.41, 5.74) is 2.82.